The number of benzene rings is 1. The number of aromatic amines is 1. The van der Waals surface area contributed by atoms with Gasteiger partial charge in [-0.05, 0) is 24.5 Å². The highest BCUT2D eigenvalue weighted by molar-refractivity contribution is 7.84. The molecule has 2 rings (SSSR count). The van der Waals surface area contributed by atoms with Crippen LogP contribution in [0.5, 0.6) is 0 Å². The number of halogens is 1. The first-order chi connectivity index (χ1) is 10.2. The lowest BCUT2D eigenvalue weighted by molar-refractivity contribution is 0.0963. The molecule has 0 spiro atoms. The lowest BCUT2D eigenvalue weighted by atomic mass is 10.00. The number of Topliss-reactive ketones (excluding diaryl/α,β-unsaturated/α-hetero) is 1. The van der Waals surface area contributed by atoms with Crippen LogP contribution in [0, 0.1) is 12.8 Å². The van der Waals surface area contributed by atoms with E-state index in [2.05, 4.69) is 4.98 Å². The van der Waals surface area contributed by atoms with Crippen LogP contribution >= 0.6 is 11.6 Å². The Morgan fingerprint density at radius 3 is 2.55 bits per heavy atom. The molecule has 0 bridgehead atoms. The fraction of sp³-hybridized carbons (Fsp3) is 0.375. The van der Waals surface area contributed by atoms with Gasteiger partial charge in [-0.2, -0.15) is 0 Å². The lowest BCUT2D eigenvalue weighted by Crippen LogP contribution is -2.22. The maximum Gasteiger partial charge on any atom is 0.202 e. The first kappa shape index (κ1) is 16.9. The molecule has 6 heteroatoms. The zero-order valence-electron chi connectivity index (χ0n) is 13.0. The summed E-state index contributed by atoms with van der Waals surface area (Å²) in [4.78, 5) is 28.2. The van der Waals surface area contributed by atoms with Gasteiger partial charge >= 0.3 is 0 Å². The van der Waals surface area contributed by atoms with Crippen LogP contribution in [0.3, 0.4) is 0 Å². The van der Waals surface area contributed by atoms with Crippen molar-refractivity contribution in [2.24, 2.45) is 5.92 Å². The highest BCUT2D eigenvalue weighted by atomic mass is 35.5. The summed E-state index contributed by atoms with van der Waals surface area (Å²) in [6.45, 7) is 5.62. The molecule has 118 valence electrons. The van der Waals surface area contributed by atoms with E-state index >= 15 is 0 Å². The maximum atomic E-state index is 12.8. The first-order valence-electron chi connectivity index (χ1n) is 6.95. The summed E-state index contributed by atoms with van der Waals surface area (Å²) in [6, 6.07) is 3.41. The molecule has 4 nitrogen and oxygen atoms in total. The van der Waals surface area contributed by atoms with Crippen molar-refractivity contribution in [1.82, 2.24) is 4.98 Å². The van der Waals surface area contributed by atoms with Gasteiger partial charge in [-0.3, -0.25) is 13.8 Å². The van der Waals surface area contributed by atoms with Gasteiger partial charge in [-0.25, -0.2) is 0 Å². The minimum atomic E-state index is -1.48. The third-order valence-electron chi connectivity index (χ3n) is 3.44. The van der Waals surface area contributed by atoms with Crippen molar-refractivity contribution in [3.8, 4) is 0 Å². The zero-order valence-corrected chi connectivity index (χ0v) is 14.5. The van der Waals surface area contributed by atoms with E-state index in [1.54, 1.807) is 12.1 Å². The topological polar surface area (TPSA) is 67.0 Å². The number of aryl methyl sites for hydroxylation is 1. The second-order valence-electron chi connectivity index (χ2n) is 5.75. The van der Waals surface area contributed by atoms with Gasteiger partial charge in [-0.15, -0.1) is 0 Å². The fourth-order valence-electron chi connectivity index (χ4n) is 2.41. The number of nitrogens with one attached hydrogen (secondary N) is 1. The van der Waals surface area contributed by atoms with Crippen molar-refractivity contribution >= 4 is 39.1 Å². The third-order valence-corrected chi connectivity index (χ3v) is 4.64. The SMILES string of the molecule is Cc1ccc(Cl)c2c(=O)c(C(=O)CC(C)C)c(S(C)=O)[nH]c12. The Hall–Kier alpha value is -1.46. The van der Waals surface area contributed by atoms with E-state index in [4.69, 9.17) is 11.6 Å². The summed E-state index contributed by atoms with van der Waals surface area (Å²) < 4.78 is 12.0. The summed E-state index contributed by atoms with van der Waals surface area (Å²) in [5.74, 6) is -0.199. The Morgan fingerprint density at radius 1 is 1.36 bits per heavy atom. The molecular weight excluding hydrogens is 322 g/mol. The van der Waals surface area contributed by atoms with Crippen molar-refractivity contribution in [1.29, 1.82) is 0 Å². The quantitative estimate of drug-likeness (QED) is 0.867. The van der Waals surface area contributed by atoms with Crippen molar-refractivity contribution in [3.63, 3.8) is 0 Å². The summed E-state index contributed by atoms with van der Waals surface area (Å²) in [5, 5.41) is 0.741. The summed E-state index contributed by atoms with van der Waals surface area (Å²) in [5.41, 5.74) is 0.864. The Morgan fingerprint density at radius 2 is 2.00 bits per heavy atom. The molecule has 0 fully saturated rings. The van der Waals surface area contributed by atoms with Gasteiger partial charge < -0.3 is 4.98 Å². The Kier molecular flexibility index (Phi) is 4.87. The van der Waals surface area contributed by atoms with Crippen LogP contribution in [-0.2, 0) is 10.8 Å². The van der Waals surface area contributed by atoms with Crippen molar-refractivity contribution in [2.75, 3.05) is 6.26 Å². The maximum absolute atomic E-state index is 12.8. The van der Waals surface area contributed by atoms with Crippen molar-refractivity contribution in [3.05, 3.63) is 38.5 Å². The molecule has 0 radical (unpaired) electrons. The number of ketones is 1. The monoisotopic (exact) mass is 339 g/mol. The molecule has 2 aromatic rings. The second-order valence-corrected chi connectivity index (χ2v) is 7.47. The molecule has 0 aliphatic heterocycles. The van der Waals surface area contributed by atoms with Crippen LogP contribution in [0.1, 0.15) is 36.2 Å². The fourth-order valence-corrected chi connectivity index (χ4v) is 3.39. The van der Waals surface area contributed by atoms with Crippen LogP contribution < -0.4 is 5.43 Å². The number of rotatable bonds is 4. The molecule has 1 aromatic heterocycles. The highest BCUT2D eigenvalue weighted by Crippen LogP contribution is 2.25. The number of hydrogen-bond acceptors (Lipinski definition) is 3. The van der Waals surface area contributed by atoms with Crippen LogP contribution in [-0.4, -0.2) is 21.2 Å². The highest BCUT2D eigenvalue weighted by Gasteiger charge is 2.23. The molecule has 22 heavy (non-hydrogen) atoms. The number of pyridine rings is 1. The van der Waals surface area contributed by atoms with Crippen molar-refractivity contribution in [2.45, 2.75) is 32.2 Å². The average Bonchev–Trinajstić information content (AvgIpc) is 2.41. The van der Waals surface area contributed by atoms with E-state index in [1.165, 1.54) is 6.26 Å². The van der Waals surface area contributed by atoms with E-state index in [0.717, 1.165) is 5.56 Å². The Balaban J connectivity index is 2.91. The minimum Gasteiger partial charge on any atom is -0.347 e. The standard InChI is InChI=1S/C16H18ClNO3S/c1-8(2)7-11(19)13-15(20)12-10(17)6-5-9(3)14(12)18-16(13)22(4)21/h5-6,8H,7H2,1-4H3,(H,18,20). The van der Waals surface area contributed by atoms with Crippen LogP contribution in [0.2, 0.25) is 5.02 Å². The predicted molar refractivity (Wildman–Crippen MR) is 90.4 cm³/mol. The molecule has 1 heterocycles. The van der Waals surface area contributed by atoms with Gasteiger partial charge in [0.05, 0.1) is 32.3 Å². The molecule has 0 aliphatic carbocycles. The molecule has 0 aliphatic rings. The first-order valence-corrected chi connectivity index (χ1v) is 8.89. The smallest absolute Gasteiger partial charge is 0.202 e. The van der Waals surface area contributed by atoms with Gasteiger partial charge in [0.1, 0.15) is 5.03 Å². The molecule has 1 aromatic carbocycles. The van der Waals surface area contributed by atoms with Gasteiger partial charge in [0.2, 0.25) is 5.43 Å². The van der Waals surface area contributed by atoms with E-state index in [-0.39, 0.29) is 39.1 Å². The zero-order chi connectivity index (χ0) is 16.6. The molecule has 1 N–H and O–H groups in total. The average molecular weight is 340 g/mol. The van der Waals surface area contributed by atoms with Crippen molar-refractivity contribution < 1.29 is 9.00 Å². The molecular formula is C16H18ClNO3S. The van der Waals surface area contributed by atoms with Gasteiger partial charge in [0.25, 0.3) is 0 Å². The molecule has 0 amide bonds. The molecule has 1 unspecified atom stereocenters. The van der Waals surface area contributed by atoms with Gasteiger partial charge in [0, 0.05) is 12.7 Å². The number of carbonyl (C=O) groups excluding carboxylic acids is 1. The van der Waals surface area contributed by atoms with Gasteiger partial charge in [0.15, 0.2) is 5.78 Å². The second kappa shape index (κ2) is 6.34. The predicted octanol–water partition coefficient (Wildman–Crippen LogP) is 3.46. The van der Waals surface area contributed by atoms with Crippen LogP contribution in [0.15, 0.2) is 22.0 Å². The van der Waals surface area contributed by atoms with E-state index < -0.39 is 16.2 Å². The number of fused-ring (bicyclic) bond motifs is 1. The largest absolute Gasteiger partial charge is 0.347 e. The Bertz CT molecular complexity index is 839. The van der Waals surface area contributed by atoms with E-state index in [9.17, 15) is 13.8 Å². The van der Waals surface area contributed by atoms with E-state index in [0.29, 0.717) is 5.52 Å². The number of carbonyl (C=O) groups is 1. The third kappa shape index (κ3) is 3.01. The minimum absolute atomic E-state index is 0.0328. The number of hydrogen-bond donors (Lipinski definition) is 1. The van der Waals surface area contributed by atoms with Crippen LogP contribution in [0.25, 0.3) is 10.9 Å². The van der Waals surface area contributed by atoms with Gasteiger partial charge in [-0.1, -0.05) is 31.5 Å². The molecule has 0 saturated carbocycles. The molecule has 1 atom stereocenters. The number of aromatic nitrogens is 1. The summed E-state index contributed by atoms with van der Waals surface area (Å²) >= 11 is 6.14. The van der Waals surface area contributed by atoms with E-state index in [1.807, 2.05) is 20.8 Å². The lowest BCUT2D eigenvalue weighted by Gasteiger charge is -2.12. The normalized spacial score (nSPS) is 12.8. The number of H-pyrrole nitrogens is 1. The van der Waals surface area contributed by atoms with Crippen LogP contribution in [0.4, 0.5) is 0 Å². The Labute approximate surface area is 136 Å². The molecule has 0 saturated heterocycles. The summed E-state index contributed by atoms with van der Waals surface area (Å²) in [6.07, 6.45) is 1.67. The summed E-state index contributed by atoms with van der Waals surface area (Å²) in [7, 11) is -1.48.